The number of hydrogen-bond acceptors (Lipinski definition) is 3. The Morgan fingerprint density at radius 3 is 2.88 bits per heavy atom. The molecule has 6 heteroatoms. The van der Waals surface area contributed by atoms with E-state index in [1.165, 1.54) is 6.07 Å². The molecule has 0 fully saturated rings. The zero-order valence-electron chi connectivity index (χ0n) is 8.36. The third-order valence-electron chi connectivity index (χ3n) is 2.43. The standard InChI is InChI=1S/C10H11N3O3/c11-7(10(15)16)1-5-3-12-8-4-13-9(14)2-6(5)8/h2-4,7,12H,1,11H2,(H,13,14)(H,15,16)/t7-/m0/s1. The SMILES string of the molecule is N[C@@H](Cc1c[nH]c2c[nH]c(=O)cc12)C(=O)O. The van der Waals surface area contributed by atoms with Crippen LogP contribution >= 0.6 is 0 Å². The zero-order chi connectivity index (χ0) is 11.7. The lowest BCUT2D eigenvalue weighted by atomic mass is 10.1. The van der Waals surface area contributed by atoms with Crippen molar-refractivity contribution in [3.63, 3.8) is 0 Å². The summed E-state index contributed by atoms with van der Waals surface area (Å²) in [7, 11) is 0. The Bertz CT molecular complexity index is 584. The summed E-state index contributed by atoms with van der Waals surface area (Å²) in [5, 5.41) is 9.41. The summed E-state index contributed by atoms with van der Waals surface area (Å²) < 4.78 is 0. The van der Waals surface area contributed by atoms with E-state index in [0.29, 0.717) is 5.39 Å². The Labute approximate surface area is 90.1 Å². The maximum atomic E-state index is 11.1. The molecule has 0 spiro atoms. The lowest BCUT2D eigenvalue weighted by Crippen LogP contribution is -2.32. The first-order valence-corrected chi connectivity index (χ1v) is 4.75. The number of aliphatic carboxylic acids is 1. The van der Waals surface area contributed by atoms with Gasteiger partial charge in [0.15, 0.2) is 0 Å². The lowest BCUT2D eigenvalue weighted by Gasteiger charge is -2.04. The maximum Gasteiger partial charge on any atom is 0.320 e. The Hall–Kier alpha value is -2.08. The molecule has 2 heterocycles. The zero-order valence-corrected chi connectivity index (χ0v) is 8.36. The van der Waals surface area contributed by atoms with Crippen LogP contribution in [-0.2, 0) is 11.2 Å². The first kappa shape index (κ1) is 10.4. The third kappa shape index (κ3) is 1.82. The van der Waals surface area contributed by atoms with E-state index in [2.05, 4.69) is 9.97 Å². The van der Waals surface area contributed by atoms with Crippen LogP contribution in [0.1, 0.15) is 5.56 Å². The Morgan fingerprint density at radius 1 is 1.44 bits per heavy atom. The second-order valence-electron chi connectivity index (χ2n) is 3.59. The predicted octanol–water partition coefficient (Wildman–Crippen LogP) is -0.189. The van der Waals surface area contributed by atoms with E-state index in [1.807, 2.05) is 0 Å². The molecule has 2 aromatic heterocycles. The normalized spacial score (nSPS) is 12.8. The predicted molar refractivity (Wildman–Crippen MR) is 58.2 cm³/mol. The van der Waals surface area contributed by atoms with E-state index in [-0.39, 0.29) is 12.0 Å². The Morgan fingerprint density at radius 2 is 2.19 bits per heavy atom. The minimum atomic E-state index is -1.06. The molecule has 0 aliphatic carbocycles. The van der Waals surface area contributed by atoms with Crippen molar-refractivity contribution >= 4 is 16.9 Å². The summed E-state index contributed by atoms with van der Waals surface area (Å²) in [6, 6.07) is 0.466. The van der Waals surface area contributed by atoms with Crippen LogP contribution in [0.15, 0.2) is 23.3 Å². The number of pyridine rings is 1. The number of rotatable bonds is 3. The fourth-order valence-corrected chi connectivity index (χ4v) is 1.59. The number of carbonyl (C=O) groups is 1. The van der Waals surface area contributed by atoms with Gasteiger partial charge >= 0.3 is 5.97 Å². The number of aromatic amines is 2. The number of nitrogens with two attached hydrogens (primary N) is 1. The molecule has 6 nitrogen and oxygen atoms in total. The van der Waals surface area contributed by atoms with Crippen molar-refractivity contribution in [2.75, 3.05) is 0 Å². The van der Waals surface area contributed by atoms with Gasteiger partial charge in [0.1, 0.15) is 6.04 Å². The second kappa shape index (κ2) is 3.82. The van der Waals surface area contributed by atoms with Gasteiger partial charge in [-0.05, 0) is 5.56 Å². The molecular weight excluding hydrogens is 210 g/mol. The highest BCUT2D eigenvalue weighted by Gasteiger charge is 2.14. The number of nitrogens with one attached hydrogen (secondary N) is 2. The highest BCUT2D eigenvalue weighted by Crippen LogP contribution is 2.16. The number of fused-ring (bicyclic) bond motifs is 1. The van der Waals surface area contributed by atoms with Crippen molar-refractivity contribution in [2.24, 2.45) is 5.73 Å². The molecule has 0 bridgehead atoms. The molecule has 1 atom stereocenters. The van der Waals surface area contributed by atoms with E-state index in [0.717, 1.165) is 11.1 Å². The molecule has 5 N–H and O–H groups in total. The smallest absolute Gasteiger partial charge is 0.320 e. The number of aromatic nitrogens is 2. The number of hydrogen-bond donors (Lipinski definition) is 4. The van der Waals surface area contributed by atoms with Crippen LogP contribution in [-0.4, -0.2) is 27.1 Å². The molecule has 2 aromatic rings. The van der Waals surface area contributed by atoms with Gasteiger partial charge in [0.25, 0.3) is 0 Å². The van der Waals surface area contributed by atoms with E-state index >= 15 is 0 Å². The molecule has 0 saturated carbocycles. The van der Waals surface area contributed by atoms with Gasteiger partial charge in [0, 0.05) is 30.3 Å². The molecule has 0 saturated heterocycles. The summed E-state index contributed by atoms with van der Waals surface area (Å²) in [4.78, 5) is 27.2. The Balaban J connectivity index is 2.41. The maximum absolute atomic E-state index is 11.1. The number of carboxylic acids is 1. The quantitative estimate of drug-likeness (QED) is 0.575. The van der Waals surface area contributed by atoms with Crippen molar-refractivity contribution in [1.29, 1.82) is 0 Å². The van der Waals surface area contributed by atoms with E-state index < -0.39 is 12.0 Å². The summed E-state index contributed by atoms with van der Waals surface area (Å²) in [6.45, 7) is 0. The van der Waals surface area contributed by atoms with Crippen LogP contribution in [0.4, 0.5) is 0 Å². The van der Waals surface area contributed by atoms with Gasteiger partial charge in [0.05, 0.1) is 5.52 Å². The average Bonchev–Trinajstić information content (AvgIpc) is 2.61. The van der Waals surface area contributed by atoms with E-state index in [4.69, 9.17) is 10.8 Å². The first-order chi connectivity index (χ1) is 7.58. The van der Waals surface area contributed by atoms with Crippen molar-refractivity contribution in [1.82, 2.24) is 9.97 Å². The van der Waals surface area contributed by atoms with E-state index in [9.17, 15) is 9.59 Å². The summed E-state index contributed by atoms with van der Waals surface area (Å²) in [5.41, 5.74) is 6.70. The fourth-order valence-electron chi connectivity index (χ4n) is 1.59. The van der Waals surface area contributed by atoms with Crippen LogP contribution in [0.3, 0.4) is 0 Å². The van der Waals surface area contributed by atoms with E-state index in [1.54, 1.807) is 12.4 Å². The fraction of sp³-hybridized carbons (Fsp3) is 0.200. The molecule has 84 valence electrons. The highest BCUT2D eigenvalue weighted by atomic mass is 16.4. The van der Waals surface area contributed by atoms with Crippen molar-refractivity contribution in [3.8, 4) is 0 Å². The minimum Gasteiger partial charge on any atom is -0.480 e. The highest BCUT2D eigenvalue weighted by molar-refractivity contribution is 5.83. The molecule has 16 heavy (non-hydrogen) atoms. The molecular formula is C10H11N3O3. The summed E-state index contributed by atoms with van der Waals surface area (Å²) in [5.74, 6) is -1.06. The van der Waals surface area contributed by atoms with Crippen LogP contribution < -0.4 is 11.3 Å². The van der Waals surface area contributed by atoms with Gasteiger partial charge < -0.3 is 20.8 Å². The second-order valence-corrected chi connectivity index (χ2v) is 3.59. The molecule has 0 amide bonds. The van der Waals surface area contributed by atoms with Crippen molar-refractivity contribution in [2.45, 2.75) is 12.5 Å². The van der Waals surface area contributed by atoms with Gasteiger partial charge in [-0.15, -0.1) is 0 Å². The first-order valence-electron chi connectivity index (χ1n) is 4.75. The van der Waals surface area contributed by atoms with Crippen molar-refractivity contribution in [3.05, 3.63) is 34.4 Å². The summed E-state index contributed by atoms with van der Waals surface area (Å²) in [6.07, 6.45) is 3.41. The van der Waals surface area contributed by atoms with Crippen LogP contribution in [0.2, 0.25) is 0 Å². The van der Waals surface area contributed by atoms with Gasteiger partial charge in [-0.2, -0.15) is 0 Å². The lowest BCUT2D eigenvalue weighted by molar-refractivity contribution is -0.138. The molecule has 0 radical (unpaired) electrons. The van der Waals surface area contributed by atoms with Gasteiger partial charge in [-0.3, -0.25) is 9.59 Å². The average molecular weight is 221 g/mol. The molecule has 0 unspecified atom stereocenters. The van der Waals surface area contributed by atoms with Gasteiger partial charge in [0.2, 0.25) is 5.56 Å². The minimum absolute atomic E-state index is 0.193. The molecule has 0 aliphatic rings. The Kier molecular flexibility index (Phi) is 2.49. The topological polar surface area (TPSA) is 112 Å². The molecule has 0 aromatic carbocycles. The number of carboxylic acid groups (broad SMARTS) is 1. The largest absolute Gasteiger partial charge is 0.480 e. The monoisotopic (exact) mass is 221 g/mol. The molecule has 0 aliphatic heterocycles. The van der Waals surface area contributed by atoms with Gasteiger partial charge in [-0.25, -0.2) is 0 Å². The van der Waals surface area contributed by atoms with Crippen molar-refractivity contribution < 1.29 is 9.90 Å². The summed E-state index contributed by atoms with van der Waals surface area (Å²) >= 11 is 0. The van der Waals surface area contributed by atoms with Crippen LogP contribution in [0.5, 0.6) is 0 Å². The van der Waals surface area contributed by atoms with Crippen LogP contribution in [0, 0.1) is 0 Å². The number of H-pyrrole nitrogens is 2. The third-order valence-corrected chi connectivity index (χ3v) is 2.43. The molecule has 2 rings (SSSR count). The van der Waals surface area contributed by atoms with Gasteiger partial charge in [-0.1, -0.05) is 0 Å². The van der Waals surface area contributed by atoms with Crippen LogP contribution in [0.25, 0.3) is 10.9 Å².